The highest BCUT2D eigenvalue weighted by Gasteiger charge is 2.32. The zero-order valence-corrected chi connectivity index (χ0v) is 21.6. The molecule has 0 saturated heterocycles. The average Bonchev–Trinajstić information content (AvgIpc) is 3.29. The van der Waals surface area contributed by atoms with Gasteiger partial charge in [-0.3, -0.25) is 0 Å². The summed E-state index contributed by atoms with van der Waals surface area (Å²) in [6.07, 6.45) is -3.95. The Kier molecular flexibility index (Phi) is 8.14. The van der Waals surface area contributed by atoms with Gasteiger partial charge in [-0.2, -0.15) is 13.2 Å². The van der Waals surface area contributed by atoms with Gasteiger partial charge in [0, 0.05) is 4.88 Å². The van der Waals surface area contributed by atoms with E-state index in [1.807, 2.05) is 19.9 Å². The minimum absolute atomic E-state index is 0.00871. The molecule has 0 spiro atoms. The Bertz CT molecular complexity index is 1390. The molecule has 0 radical (unpaired) electrons. The Balaban J connectivity index is 2.17. The van der Waals surface area contributed by atoms with Crippen LogP contribution in [-0.2, 0) is 9.84 Å². The Morgan fingerprint density at radius 3 is 2.43 bits per heavy atom. The van der Waals surface area contributed by atoms with Gasteiger partial charge in [0.2, 0.25) is 0 Å². The number of sulfone groups is 1. The summed E-state index contributed by atoms with van der Waals surface area (Å²) < 4.78 is 64.7. The fourth-order valence-electron chi connectivity index (χ4n) is 3.13. The Labute approximate surface area is 211 Å². The van der Waals surface area contributed by atoms with E-state index in [1.54, 1.807) is 55.5 Å². The molecule has 35 heavy (non-hydrogen) atoms. The van der Waals surface area contributed by atoms with Crippen LogP contribution in [0.4, 0.5) is 18.9 Å². The van der Waals surface area contributed by atoms with Crippen LogP contribution in [0, 0.1) is 0 Å². The third-order valence-corrected chi connectivity index (χ3v) is 8.38. The van der Waals surface area contributed by atoms with Crippen molar-refractivity contribution in [2.24, 2.45) is 10.7 Å². The van der Waals surface area contributed by atoms with E-state index in [1.165, 1.54) is 11.3 Å². The van der Waals surface area contributed by atoms with Crippen molar-refractivity contribution in [2.45, 2.75) is 37.8 Å². The van der Waals surface area contributed by atoms with Gasteiger partial charge in [-0.25, -0.2) is 13.4 Å². The second kappa shape index (κ2) is 10.6. The summed E-state index contributed by atoms with van der Waals surface area (Å²) >= 11 is 7.35. The lowest BCUT2D eigenvalue weighted by atomic mass is 10.0. The minimum atomic E-state index is -4.73. The number of hydrogen-bond acceptors (Lipinski definition) is 5. The number of benzene rings is 2. The molecule has 0 aliphatic heterocycles. The van der Waals surface area contributed by atoms with Crippen LogP contribution < -0.4 is 5.73 Å². The molecule has 0 fully saturated rings. The number of aliphatic imine (C=N–C) groups is 1. The van der Waals surface area contributed by atoms with Gasteiger partial charge < -0.3 is 5.73 Å². The van der Waals surface area contributed by atoms with Crippen molar-refractivity contribution in [1.82, 2.24) is 0 Å². The van der Waals surface area contributed by atoms with Gasteiger partial charge in [-0.15, -0.1) is 11.3 Å². The highest BCUT2D eigenvalue weighted by molar-refractivity contribution is 7.91. The second-order valence-electron chi connectivity index (χ2n) is 8.06. The molecule has 0 aliphatic rings. The van der Waals surface area contributed by atoms with E-state index in [0.29, 0.717) is 21.0 Å². The summed E-state index contributed by atoms with van der Waals surface area (Å²) in [4.78, 5) is 5.66. The number of thiophene rings is 1. The quantitative estimate of drug-likeness (QED) is 0.315. The predicted octanol–water partition coefficient (Wildman–Crippen LogP) is 7.51. The monoisotopic (exact) mass is 540 g/mol. The fraction of sp³-hybridized carbons (Fsp3) is 0.240. The van der Waals surface area contributed by atoms with Gasteiger partial charge in [-0.1, -0.05) is 44.5 Å². The number of rotatable bonds is 7. The summed E-state index contributed by atoms with van der Waals surface area (Å²) in [5.74, 6) is 0.0341. The molecule has 0 atom stereocenters. The molecule has 0 aliphatic carbocycles. The smallest absolute Gasteiger partial charge is 0.395 e. The van der Waals surface area contributed by atoms with Crippen LogP contribution in [0.2, 0.25) is 5.02 Å². The van der Waals surface area contributed by atoms with Gasteiger partial charge in [0.1, 0.15) is 5.70 Å². The molecule has 0 amide bonds. The molecule has 10 heteroatoms. The van der Waals surface area contributed by atoms with E-state index in [2.05, 4.69) is 4.99 Å². The minimum Gasteiger partial charge on any atom is -0.395 e. The Hall–Kier alpha value is -2.62. The molecule has 1 aromatic heterocycles. The highest BCUT2D eigenvalue weighted by Crippen LogP contribution is 2.35. The standard InChI is InChI=1S/C25H24ClF3N2O2S2/c1-4-35(32,33)18-12-16(15(2)3)11-17(13-18)22-9-10-23(34-22)21(14-24(30)25(27,28)29)31-20-8-6-5-7-19(20)26/h5-15H,4,30H2,1-3H3. The molecule has 0 unspecified atom stereocenters. The molecular weight excluding hydrogens is 517 g/mol. The van der Waals surface area contributed by atoms with Crippen molar-refractivity contribution in [2.75, 3.05) is 5.75 Å². The van der Waals surface area contributed by atoms with Gasteiger partial charge in [0.05, 0.1) is 31.9 Å². The molecule has 4 nitrogen and oxygen atoms in total. The van der Waals surface area contributed by atoms with E-state index < -0.39 is 21.7 Å². The zero-order chi connectivity index (χ0) is 26.0. The van der Waals surface area contributed by atoms with Gasteiger partial charge in [-0.05, 0) is 65.6 Å². The van der Waals surface area contributed by atoms with Crippen LogP contribution in [0.15, 0.2) is 76.3 Å². The lowest BCUT2D eigenvalue weighted by molar-refractivity contribution is -0.0925. The first-order valence-electron chi connectivity index (χ1n) is 10.7. The van der Waals surface area contributed by atoms with Crippen molar-refractivity contribution in [3.05, 3.63) is 81.8 Å². The van der Waals surface area contributed by atoms with Crippen LogP contribution in [0.3, 0.4) is 0 Å². The van der Waals surface area contributed by atoms with Crippen molar-refractivity contribution >= 4 is 44.2 Å². The molecular formula is C25H24ClF3N2O2S2. The molecule has 2 N–H and O–H groups in total. The fourth-order valence-corrected chi connectivity index (χ4v) is 5.22. The van der Waals surface area contributed by atoms with E-state index in [9.17, 15) is 21.6 Å². The van der Waals surface area contributed by atoms with Crippen LogP contribution in [0.25, 0.3) is 10.4 Å². The largest absolute Gasteiger partial charge is 0.430 e. The summed E-state index contributed by atoms with van der Waals surface area (Å²) in [5, 5.41) is 0.278. The summed E-state index contributed by atoms with van der Waals surface area (Å²) in [6, 6.07) is 15.0. The van der Waals surface area contributed by atoms with E-state index in [0.717, 1.165) is 11.6 Å². The first kappa shape index (κ1) is 27.0. The van der Waals surface area contributed by atoms with Crippen LogP contribution in [0.1, 0.15) is 37.1 Å². The molecule has 3 aromatic rings. The third kappa shape index (κ3) is 6.54. The van der Waals surface area contributed by atoms with Crippen LogP contribution >= 0.6 is 22.9 Å². The zero-order valence-electron chi connectivity index (χ0n) is 19.2. The molecule has 0 saturated carbocycles. The number of halogens is 4. The van der Waals surface area contributed by atoms with Crippen LogP contribution in [0.5, 0.6) is 0 Å². The number of allylic oxidation sites excluding steroid dienone is 2. The van der Waals surface area contributed by atoms with Crippen molar-refractivity contribution in [1.29, 1.82) is 0 Å². The van der Waals surface area contributed by atoms with E-state index in [4.69, 9.17) is 17.3 Å². The number of nitrogens with zero attached hydrogens (tertiary/aromatic N) is 1. The number of alkyl halides is 3. The second-order valence-corrected chi connectivity index (χ2v) is 11.8. The Morgan fingerprint density at radius 1 is 1.14 bits per heavy atom. The van der Waals surface area contributed by atoms with Gasteiger partial charge >= 0.3 is 6.18 Å². The SMILES string of the molecule is CCS(=O)(=O)c1cc(-c2ccc(C(C=C(N)C(F)(F)F)=Nc3ccccc3Cl)s2)cc(C(C)C)c1. The topological polar surface area (TPSA) is 72.5 Å². The van der Waals surface area contributed by atoms with Crippen molar-refractivity contribution < 1.29 is 21.6 Å². The molecule has 186 valence electrons. The maximum Gasteiger partial charge on any atom is 0.430 e. The number of nitrogens with two attached hydrogens (primary N) is 1. The van der Waals surface area contributed by atoms with E-state index in [-0.39, 0.29) is 27.3 Å². The summed E-state index contributed by atoms with van der Waals surface area (Å²) in [6.45, 7) is 5.50. The van der Waals surface area contributed by atoms with E-state index >= 15 is 0 Å². The maximum absolute atomic E-state index is 13.2. The Morgan fingerprint density at radius 2 is 1.83 bits per heavy atom. The predicted molar refractivity (Wildman–Crippen MR) is 138 cm³/mol. The summed E-state index contributed by atoms with van der Waals surface area (Å²) in [5.41, 5.74) is 5.79. The maximum atomic E-state index is 13.2. The normalized spacial score (nSPS) is 13.5. The van der Waals surface area contributed by atoms with Crippen molar-refractivity contribution in [3.63, 3.8) is 0 Å². The summed E-state index contributed by atoms with van der Waals surface area (Å²) in [7, 11) is -3.46. The van der Waals surface area contributed by atoms with Crippen LogP contribution in [-0.4, -0.2) is 26.1 Å². The first-order valence-corrected chi connectivity index (χ1v) is 13.5. The molecule has 3 rings (SSSR count). The lowest BCUT2D eigenvalue weighted by Crippen LogP contribution is -2.20. The average molecular weight is 541 g/mol. The number of para-hydroxylation sites is 1. The highest BCUT2D eigenvalue weighted by atomic mass is 35.5. The lowest BCUT2D eigenvalue weighted by Gasteiger charge is -2.11. The first-order chi connectivity index (χ1) is 16.3. The number of hydrogen-bond donors (Lipinski definition) is 1. The van der Waals surface area contributed by atoms with Gasteiger partial charge in [0.25, 0.3) is 0 Å². The van der Waals surface area contributed by atoms with Crippen molar-refractivity contribution in [3.8, 4) is 10.4 Å². The third-order valence-electron chi connectivity index (χ3n) is 5.19. The molecule has 1 heterocycles. The van der Waals surface area contributed by atoms with Gasteiger partial charge in [0.15, 0.2) is 9.84 Å². The molecule has 2 aromatic carbocycles. The molecule has 0 bridgehead atoms.